The number of hydrogen-bond donors (Lipinski definition) is 2. The Labute approximate surface area is 135 Å². The van der Waals surface area contributed by atoms with E-state index in [0.717, 1.165) is 0 Å². The van der Waals surface area contributed by atoms with E-state index in [1.807, 2.05) is 30.3 Å². The van der Waals surface area contributed by atoms with E-state index in [4.69, 9.17) is 16.3 Å². The fourth-order valence-corrected chi connectivity index (χ4v) is 2.66. The van der Waals surface area contributed by atoms with Crippen LogP contribution in [-0.2, 0) is 0 Å². The van der Waals surface area contributed by atoms with Gasteiger partial charge in [-0.15, -0.1) is 0 Å². The minimum absolute atomic E-state index is 0.146. The van der Waals surface area contributed by atoms with Gasteiger partial charge in [-0.3, -0.25) is 0 Å². The summed E-state index contributed by atoms with van der Waals surface area (Å²) in [6.07, 6.45) is -0.724. The monoisotopic (exact) mass is 373 g/mol. The van der Waals surface area contributed by atoms with Crippen molar-refractivity contribution in [1.29, 1.82) is 0 Å². The standard InChI is InChI=1S/C15H14BrClFNO2/c16-13-6-10(18)7-14(17)15(13)19-8-11(20)9-21-12-4-2-1-3-5-12/h1-7,11,19-20H,8-9H2. The first-order valence-electron chi connectivity index (χ1n) is 6.30. The lowest BCUT2D eigenvalue weighted by Gasteiger charge is -2.15. The molecule has 0 aliphatic heterocycles. The van der Waals surface area contributed by atoms with Crippen LogP contribution in [0.1, 0.15) is 0 Å². The van der Waals surface area contributed by atoms with Gasteiger partial charge in [0.1, 0.15) is 24.3 Å². The molecule has 2 rings (SSSR count). The van der Waals surface area contributed by atoms with E-state index < -0.39 is 11.9 Å². The van der Waals surface area contributed by atoms with Gasteiger partial charge in [0.05, 0.1) is 10.7 Å². The molecule has 0 radical (unpaired) electrons. The van der Waals surface area contributed by atoms with Crippen molar-refractivity contribution in [2.45, 2.75) is 6.10 Å². The molecule has 2 aromatic carbocycles. The first-order valence-corrected chi connectivity index (χ1v) is 7.47. The SMILES string of the molecule is OC(CNc1c(Cl)cc(F)cc1Br)COc1ccccc1. The summed E-state index contributed by atoms with van der Waals surface area (Å²) in [7, 11) is 0. The number of para-hydroxylation sites is 1. The molecule has 0 spiro atoms. The molecular weight excluding hydrogens is 361 g/mol. The van der Waals surface area contributed by atoms with Crippen molar-refractivity contribution in [2.75, 3.05) is 18.5 Å². The summed E-state index contributed by atoms with van der Waals surface area (Å²) < 4.78 is 19.0. The molecule has 112 valence electrons. The maximum atomic E-state index is 13.1. The van der Waals surface area contributed by atoms with Gasteiger partial charge in [0.25, 0.3) is 0 Å². The number of anilines is 1. The quantitative estimate of drug-likeness (QED) is 0.800. The summed E-state index contributed by atoms with van der Waals surface area (Å²) in [5.74, 6) is 0.267. The molecule has 3 nitrogen and oxygen atoms in total. The zero-order valence-corrected chi connectivity index (χ0v) is 13.4. The van der Waals surface area contributed by atoms with Gasteiger partial charge in [0.2, 0.25) is 0 Å². The average molecular weight is 375 g/mol. The lowest BCUT2D eigenvalue weighted by molar-refractivity contribution is 0.117. The second kappa shape index (κ2) is 7.64. The van der Waals surface area contributed by atoms with E-state index in [1.165, 1.54) is 12.1 Å². The molecular formula is C15H14BrClFNO2. The predicted molar refractivity (Wildman–Crippen MR) is 85.5 cm³/mol. The Morgan fingerprint density at radius 2 is 2.00 bits per heavy atom. The lowest BCUT2D eigenvalue weighted by Crippen LogP contribution is -2.26. The molecule has 1 unspecified atom stereocenters. The highest BCUT2D eigenvalue weighted by molar-refractivity contribution is 9.10. The third-order valence-corrected chi connectivity index (χ3v) is 3.63. The molecule has 2 N–H and O–H groups in total. The lowest BCUT2D eigenvalue weighted by atomic mass is 10.3. The summed E-state index contributed by atoms with van der Waals surface area (Å²) in [5.41, 5.74) is 0.539. The Bertz CT molecular complexity index is 574. The van der Waals surface area contributed by atoms with E-state index in [0.29, 0.717) is 15.9 Å². The molecule has 0 aliphatic carbocycles. The second-order valence-corrected chi connectivity index (χ2v) is 5.66. The Hall–Kier alpha value is -1.30. The Kier molecular flexibility index (Phi) is 5.85. The van der Waals surface area contributed by atoms with Crippen molar-refractivity contribution in [1.82, 2.24) is 0 Å². The molecule has 0 saturated carbocycles. The van der Waals surface area contributed by atoms with Crippen molar-refractivity contribution in [2.24, 2.45) is 0 Å². The van der Waals surface area contributed by atoms with Gasteiger partial charge in [-0.25, -0.2) is 4.39 Å². The molecule has 0 heterocycles. The van der Waals surface area contributed by atoms with E-state index in [2.05, 4.69) is 21.2 Å². The number of rotatable bonds is 6. The van der Waals surface area contributed by atoms with Crippen LogP contribution in [0.5, 0.6) is 5.75 Å². The van der Waals surface area contributed by atoms with Crippen LogP contribution < -0.4 is 10.1 Å². The van der Waals surface area contributed by atoms with Crippen LogP contribution in [0.4, 0.5) is 10.1 Å². The molecule has 21 heavy (non-hydrogen) atoms. The van der Waals surface area contributed by atoms with Gasteiger partial charge in [0, 0.05) is 11.0 Å². The van der Waals surface area contributed by atoms with Gasteiger partial charge in [0.15, 0.2) is 0 Å². The smallest absolute Gasteiger partial charge is 0.125 e. The van der Waals surface area contributed by atoms with Gasteiger partial charge in [-0.05, 0) is 40.2 Å². The van der Waals surface area contributed by atoms with Gasteiger partial charge < -0.3 is 15.2 Å². The minimum Gasteiger partial charge on any atom is -0.491 e. The van der Waals surface area contributed by atoms with Crippen LogP contribution in [0.2, 0.25) is 5.02 Å². The topological polar surface area (TPSA) is 41.5 Å². The molecule has 1 atom stereocenters. The Balaban J connectivity index is 1.85. The van der Waals surface area contributed by atoms with E-state index in [-0.39, 0.29) is 18.2 Å². The number of aliphatic hydroxyl groups is 1. The highest BCUT2D eigenvalue weighted by Crippen LogP contribution is 2.31. The van der Waals surface area contributed by atoms with Crippen LogP contribution in [0.15, 0.2) is 46.9 Å². The van der Waals surface area contributed by atoms with Crippen LogP contribution in [0, 0.1) is 5.82 Å². The fourth-order valence-electron chi connectivity index (χ4n) is 1.70. The average Bonchev–Trinajstić information content (AvgIpc) is 2.45. The van der Waals surface area contributed by atoms with Crippen LogP contribution >= 0.6 is 27.5 Å². The Morgan fingerprint density at radius 1 is 1.29 bits per heavy atom. The van der Waals surface area contributed by atoms with Crippen LogP contribution in [-0.4, -0.2) is 24.4 Å². The number of aliphatic hydroxyl groups excluding tert-OH is 1. The number of nitrogens with one attached hydrogen (secondary N) is 1. The highest BCUT2D eigenvalue weighted by Gasteiger charge is 2.11. The number of hydrogen-bond acceptors (Lipinski definition) is 3. The summed E-state index contributed by atoms with van der Waals surface area (Å²) >= 11 is 9.17. The van der Waals surface area contributed by atoms with Crippen molar-refractivity contribution < 1.29 is 14.2 Å². The normalized spacial score (nSPS) is 12.0. The maximum Gasteiger partial charge on any atom is 0.125 e. The third-order valence-electron chi connectivity index (χ3n) is 2.71. The first-order chi connectivity index (χ1) is 10.1. The number of benzene rings is 2. The minimum atomic E-state index is -0.724. The summed E-state index contributed by atoms with van der Waals surface area (Å²) in [6.45, 7) is 0.379. The van der Waals surface area contributed by atoms with Crippen LogP contribution in [0.25, 0.3) is 0 Å². The molecule has 0 amide bonds. The van der Waals surface area contributed by atoms with Crippen molar-refractivity contribution in [3.8, 4) is 5.75 Å². The van der Waals surface area contributed by atoms with Crippen molar-refractivity contribution in [3.05, 3.63) is 57.8 Å². The highest BCUT2D eigenvalue weighted by atomic mass is 79.9. The molecule has 0 aliphatic rings. The summed E-state index contributed by atoms with van der Waals surface area (Å²) in [4.78, 5) is 0. The van der Waals surface area contributed by atoms with E-state index in [1.54, 1.807) is 0 Å². The summed E-state index contributed by atoms with van der Waals surface area (Å²) in [5, 5.41) is 13.1. The number of halogens is 3. The van der Waals surface area contributed by atoms with Crippen LogP contribution in [0.3, 0.4) is 0 Å². The maximum absolute atomic E-state index is 13.1. The molecule has 6 heteroatoms. The summed E-state index contributed by atoms with van der Waals surface area (Å²) in [6, 6.07) is 11.7. The second-order valence-electron chi connectivity index (χ2n) is 4.40. The zero-order chi connectivity index (χ0) is 15.2. The number of ether oxygens (including phenoxy) is 1. The Morgan fingerprint density at radius 3 is 2.67 bits per heavy atom. The van der Waals surface area contributed by atoms with Crippen molar-refractivity contribution >= 4 is 33.2 Å². The van der Waals surface area contributed by atoms with Gasteiger partial charge >= 0.3 is 0 Å². The van der Waals surface area contributed by atoms with Gasteiger partial charge in [-0.1, -0.05) is 29.8 Å². The van der Waals surface area contributed by atoms with E-state index in [9.17, 15) is 9.50 Å². The van der Waals surface area contributed by atoms with Crippen molar-refractivity contribution in [3.63, 3.8) is 0 Å². The third kappa shape index (κ3) is 4.88. The fraction of sp³-hybridized carbons (Fsp3) is 0.200. The predicted octanol–water partition coefficient (Wildman–Crippen LogP) is 4.09. The molecule has 2 aromatic rings. The first kappa shape index (κ1) is 16.1. The zero-order valence-electron chi connectivity index (χ0n) is 11.0. The molecule has 0 bridgehead atoms. The largest absolute Gasteiger partial charge is 0.491 e. The molecule has 0 fully saturated rings. The molecule has 0 saturated heterocycles. The van der Waals surface area contributed by atoms with Gasteiger partial charge in [-0.2, -0.15) is 0 Å². The van der Waals surface area contributed by atoms with E-state index >= 15 is 0 Å². The molecule has 0 aromatic heterocycles.